The summed E-state index contributed by atoms with van der Waals surface area (Å²) in [4.78, 5) is 36.5. The highest BCUT2D eigenvalue weighted by atomic mass is 16.6. The molecule has 1 saturated carbocycles. The van der Waals surface area contributed by atoms with Crippen LogP contribution in [0.2, 0.25) is 0 Å². The van der Waals surface area contributed by atoms with Crippen molar-refractivity contribution >= 4 is 23.2 Å². The number of nitro benzene ring substituents is 1. The molecule has 1 atom stereocenters. The van der Waals surface area contributed by atoms with Crippen LogP contribution in [0.1, 0.15) is 38.5 Å². The molecule has 1 aromatic carbocycles. The number of anilines is 1. The molecule has 128 valence electrons. The maximum Gasteiger partial charge on any atom is 0.271 e. The molecule has 1 aromatic rings. The van der Waals surface area contributed by atoms with Gasteiger partial charge in [-0.1, -0.05) is 25.3 Å². The van der Waals surface area contributed by atoms with Crippen LogP contribution in [-0.2, 0) is 9.59 Å². The summed E-state index contributed by atoms with van der Waals surface area (Å²) in [6.45, 7) is 0.276. The number of nitrogens with zero attached hydrogens (tertiary/aromatic N) is 2. The Morgan fingerprint density at radius 1 is 1.25 bits per heavy atom. The lowest BCUT2D eigenvalue weighted by molar-refractivity contribution is -0.384. The van der Waals surface area contributed by atoms with Crippen molar-refractivity contribution in [3.63, 3.8) is 0 Å². The lowest BCUT2D eigenvalue weighted by Gasteiger charge is -2.24. The van der Waals surface area contributed by atoms with Crippen molar-refractivity contribution in [1.82, 2.24) is 5.32 Å². The van der Waals surface area contributed by atoms with Crippen molar-refractivity contribution in [2.24, 2.45) is 5.92 Å². The van der Waals surface area contributed by atoms with E-state index in [0.29, 0.717) is 5.69 Å². The first-order chi connectivity index (χ1) is 11.5. The van der Waals surface area contributed by atoms with E-state index < -0.39 is 10.8 Å². The Bertz CT molecular complexity index is 655. The second kappa shape index (κ2) is 6.98. The fourth-order valence-electron chi connectivity index (χ4n) is 3.47. The van der Waals surface area contributed by atoms with Gasteiger partial charge in [-0.25, -0.2) is 0 Å². The molecule has 0 radical (unpaired) electrons. The lowest BCUT2D eigenvalue weighted by atomic mass is 9.95. The summed E-state index contributed by atoms with van der Waals surface area (Å²) < 4.78 is 0. The molecule has 1 saturated heterocycles. The van der Waals surface area contributed by atoms with Gasteiger partial charge in [0.05, 0.1) is 16.5 Å². The summed E-state index contributed by atoms with van der Waals surface area (Å²) in [5.74, 6) is -0.638. The molecule has 2 fully saturated rings. The number of hydrogen-bond donors (Lipinski definition) is 1. The number of nitro groups is 1. The fraction of sp³-hybridized carbons (Fsp3) is 0.529. The number of hydrogen-bond acceptors (Lipinski definition) is 4. The second-order valence-corrected chi connectivity index (χ2v) is 6.53. The predicted molar refractivity (Wildman–Crippen MR) is 88.6 cm³/mol. The monoisotopic (exact) mass is 331 g/mol. The van der Waals surface area contributed by atoms with Crippen molar-refractivity contribution in [1.29, 1.82) is 0 Å². The fourth-order valence-corrected chi connectivity index (χ4v) is 3.47. The topological polar surface area (TPSA) is 92.6 Å². The predicted octanol–water partition coefficient (Wildman–Crippen LogP) is 2.40. The molecule has 3 rings (SSSR count). The van der Waals surface area contributed by atoms with Crippen molar-refractivity contribution in [3.8, 4) is 0 Å². The molecule has 7 heteroatoms. The summed E-state index contributed by atoms with van der Waals surface area (Å²) >= 11 is 0. The molecule has 2 amide bonds. The summed E-state index contributed by atoms with van der Waals surface area (Å²) in [5, 5.41) is 13.9. The molecule has 0 bridgehead atoms. The average Bonchev–Trinajstić information content (AvgIpc) is 2.98. The van der Waals surface area contributed by atoms with Gasteiger partial charge in [-0.15, -0.1) is 0 Å². The van der Waals surface area contributed by atoms with Crippen molar-refractivity contribution in [2.45, 2.75) is 44.6 Å². The molecule has 0 unspecified atom stereocenters. The smallest absolute Gasteiger partial charge is 0.271 e. The zero-order valence-electron chi connectivity index (χ0n) is 13.4. The minimum Gasteiger partial charge on any atom is -0.353 e. The van der Waals surface area contributed by atoms with Crippen LogP contribution in [0.15, 0.2) is 24.3 Å². The van der Waals surface area contributed by atoms with Gasteiger partial charge in [0.25, 0.3) is 5.69 Å². The average molecular weight is 331 g/mol. The van der Waals surface area contributed by atoms with Crippen molar-refractivity contribution < 1.29 is 14.5 Å². The molecule has 1 aliphatic heterocycles. The standard InChI is InChI=1S/C17H21N3O4/c21-16-9-12(17(22)18-13-5-2-1-3-6-13)11-19(16)14-7-4-8-15(10-14)20(23)24/h4,7-8,10,12-13H,1-3,5-6,9,11H2,(H,18,22)/t12-/m1/s1. The largest absolute Gasteiger partial charge is 0.353 e. The minimum absolute atomic E-state index is 0.0598. The first kappa shape index (κ1) is 16.4. The quantitative estimate of drug-likeness (QED) is 0.677. The SMILES string of the molecule is O=C(NC1CCCCC1)[C@@H]1CC(=O)N(c2cccc([N+](=O)[O-])c2)C1. The van der Waals surface area contributed by atoms with Gasteiger partial charge in [0.2, 0.25) is 11.8 Å². The van der Waals surface area contributed by atoms with E-state index in [1.165, 1.54) is 23.5 Å². The second-order valence-electron chi connectivity index (χ2n) is 6.53. The number of nitrogens with one attached hydrogen (secondary N) is 1. The van der Waals surface area contributed by atoms with Crippen LogP contribution in [-0.4, -0.2) is 29.3 Å². The zero-order valence-corrected chi connectivity index (χ0v) is 13.4. The van der Waals surface area contributed by atoms with Crippen LogP contribution in [0.5, 0.6) is 0 Å². The molecule has 7 nitrogen and oxygen atoms in total. The van der Waals surface area contributed by atoms with Crippen LogP contribution in [0.3, 0.4) is 0 Å². The first-order valence-corrected chi connectivity index (χ1v) is 8.40. The van der Waals surface area contributed by atoms with Crippen LogP contribution >= 0.6 is 0 Å². The number of rotatable bonds is 4. The van der Waals surface area contributed by atoms with E-state index in [1.54, 1.807) is 12.1 Å². The minimum atomic E-state index is -0.489. The van der Waals surface area contributed by atoms with Gasteiger partial charge in [-0.05, 0) is 18.9 Å². The Morgan fingerprint density at radius 3 is 2.71 bits per heavy atom. The van der Waals surface area contributed by atoms with Crippen LogP contribution in [0.25, 0.3) is 0 Å². The lowest BCUT2D eigenvalue weighted by Crippen LogP contribution is -2.40. The van der Waals surface area contributed by atoms with E-state index in [0.717, 1.165) is 25.7 Å². The Kier molecular flexibility index (Phi) is 4.78. The molecule has 1 aliphatic carbocycles. The highest BCUT2D eigenvalue weighted by Gasteiger charge is 2.36. The zero-order chi connectivity index (χ0) is 17.1. The highest BCUT2D eigenvalue weighted by Crippen LogP contribution is 2.28. The molecule has 0 aromatic heterocycles. The van der Waals surface area contributed by atoms with E-state index in [9.17, 15) is 19.7 Å². The van der Waals surface area contributed by atoms with E-state index >= 15 is 0 Å². The van der Waals surface area contributed by atoms with Crippen molar-refractivity contribution in [2.75, 3.05) is 11.4 Å². The molecule has 24 heavy (non-hydrogen) atoms. The number of carbonyl (C=O) groups is 2. The molecule has 1 N–H and O–H groups in total. The normalized spacial score (nSPS) is 21.8. The third kappa shape index (κ3) is 3.55. The van der Waals surface area contributed by atoms with Gasteiger partial charge < -0.3 is 10.2 Å². The van der Waals surface area contributed by atoms with Crippen LogP contribution in [0, 0.1) is 16.0 Å². The molecule has 1 heterocycles. The number of carbonyl (C=O) groups excluding carboxylic acids is 2. The molecule has 2 aliphatic rings. The third-order valence-electron chi connectivity index (χ3n) is 4.80. The molecular formula is C17H21N3O4. The highest BCUT2D eigenvalue weighted by molar-refractivity contribution is 6.00. The first-order valence-electron chi connectivity index (χ1n) is 8.40. The van der Waals surface area contributed by atoms with E-state index in [4.69, 9.17) is 0 Å². The summed E-state index contributed by atoms with van der Waals surface area (Å²) in [6, 6.07) is 6.19. The van der Waals surface area contributed by atoms with E-state index in [-0.39, 0.29) is 36.5 Å². The molecular weight excluding hydrogens is 310 g/mol. The summed E-state index contributed by atoms with van der Waals surface area (Å²) in [7, 11) is 0. The van der Waals surface area contributed by atoms with E-state index in [2.05, 4.69) is 5.32 Å². The Morgan fingerprint density at radius 2 is 2.00 bits per heavy atom. The molecule has 0 spiro atoms. The maximum atomic E-state index is 12.4. The van der Waals surface area contributed by atoms with Gasteiger partial charge in [-0.2, -0.15) is 0 Å². The number of benzene rings is 1. The van der Waals surface area contributed by atoms with Gasteiger partial charge in [0.15, 0.2) is 0 Å². The number of non-ortho nitro benzene ring substituents is 1. The third-order valence-corrected chi connectivity index (χ3v) is 4.80. The van der Waals surface area contributed by atoms with E-state index in [1.807, 2.05) is 0 Å². The van der Waals surface area contributed by atoms with Gasteiger partial charge >= 0.3 is 0 Å². The number of amides is 2. The summed E-state index contributed by atoms with van der Waals surface area (Å²) in [5.41, 5.74) is 0.414. The summed E-state index contributed by atoms with van der Waals surface area (Å²) in [6.07, 6.45) is 5.64. The van der Waals surface area contributed by atoms with Gasteiger partial charge in [0, 0.05) is 31.1 Å². The van der Waals surface area contributed by atoms with Gasteiger partial charge in [0.1, 0.15) is 0 Å². The van der Waals surface area contributed by atoms with Crippen molar-refractivity contribution in [3.05, 3.63) is 34.4 Å². The van der Waals surface area contributed by atoms with Gasteiger partial charge in [-0.3, -0.25) is 19.7 Å². The van der Waals surface area contributed by atoms with Crippen LogP contribution < -0.4 is 10.2 Å². The Hall–Kier alpha value is -2.44. The Labute approximate surface area is 140 Å². The Balaban J connectivity index is 1.65. The maximum absolute atomic E-state index is 12.4. The van der Waals surface area contributed by atoms with Crippen LogP contribution in [0.4, 0.5) is 11.4 Å².